The lowest BCUT2D eigenvalue weighted by atomic mass is 10.1. The molecule has 2 amide bonds. The summed E-state index contributed by atoms with van der Waals surface area (Å²) in [5.41, 5.74) is 1.24. The third-order valence-corrected chi connectivity index (χ3v) is 4.73. The molecule has 1 atom stereocenters. The van der Waals surface area contributed by atoms with Gasteiger partial charge in [0.25, 0.3) is 11.8 Å². The summed E-state index contributed by atoms with van der Waals surface area (Å²) in [6.07, 6.45) is 0.964. The number of carbonyl (C=O) groups is 2. The van der Waals surface area contributed by atoms with E-state index in [1.54, 1.807) is 60.5 Å². The van der Waals surface area contributed by atoms with Crippen molar-refractivity contribution in [3.8, 4) is 11.5 Å². The Morgan fingerprint density at radius 1 is 1.17 bits per heavy atom. The molecule has 1 fully saturated rings. The van der Waals surface area contributed by atoms with Crippen molar-refractivity contribution in [1.82, 2.24) is 10.2 Å². The molecule has 7 nitrogen and oxygen atoms in total. The van der Waals surface area contributed by atoms with Crippen molar-refractivity contribution in [2.24, 2.45) is 0 Å². The highest BCUT2D eigenvalue weighted by molar-refractivity contribution is 5.94. The van der Waals surface area contributed by atoms with Gasteiger partial charge in [0.15, 0.2) is 6.61 Å². The molecule has 29 heavy (non-hydrogen) atoms. The lowest BCUT2D eigenvalue weighted by Gasteiger charge is -2.23. The number of carbonyl (C=O) groups excluding carboxylic acids is 2. The van der Waals surface area contributed by atoms with Gasteiger partial charge in [-0.05, 0) is 49.4 Å². The molecule has 1 aliphatic rings. The van der Waals surface area contributed by atoms with Crippen LogP contribution in [0.25, 0.3) is 0 Å². The predicted octanol–water partition coefficient (Wildman–Crippen LogP) is 2.57. The van der Waals surface area contributed by atoms with E-state index in [1.807, 2.05) is 7.05 Å². The minimum absolute atomic E-state index is 0. The first-order valence-corrected chi connectivity index (χ1v) is 9.21. The molecule has 0 spiro atoms. The zero-order valence-corrected chi connectivity index (χ0v) is 17.3. The van der Waals surface area contributed by atoms with Crippen molar-refractivity contribution in [3.63, 3.8) is 0 Å². The van der Waals surface area contributed by atoms with Crippen LogP contribution in [0.5, 0.6) is 11.5 Å². The second-order valence-corrected chi connectivity index (χ2v) is 6.66. The van der Waals surface area contributed by atoms with E-state index in [9.17, 15) is 9.59 Å². The largest absolute Gasteiger partial charge is 0.497 e. The first-order valence-electron chi connectivity index (χ1n) is 9.21. The molecule has 0 radical (unpaired) electrons. The molecule has 2 aromatic carbocycles. The van der Waals surface area contributed by atoms with E-state index in [0.29, 0.717) is 22.7 Å². The van der Waals surface area contributed by atoms with Crippen LogP contribution in [-0.4, -0.2) is 56.6 Å². The number of hydrogen-bond donors (Lipinski definition) is 2. The van der Waals surface area contributed by atoms with Gasteiger partial charge in [0.05, 0.1) is 7.11 Å². The van der Waals surface area contributed by atoms with Crippen LogP contribution in [0, 0.1) is 0 Å². The molecule has 2 N–H and O–H groups in total. The van der Waals surface area contributed by atoms with Crippen molar-refractivity contribution in [2.75, 3.05) is 39.2 Å². The van der Waals surface area contributed by atoms with Crippen molar-refractivity contribution in [3.05, 3.63) is 54.1 Å². The number of nitrogens with zero attached hydrogens (tertiary/aromatic N) is 1. The summed E-state index contributed by atoms with van der Waals surface area (Å²) in [5.74, 6) is 0.901. The summed E-state index contributed by atoms with van der Waals surface area (Å²) < 4.78 is 10.6. The highest BCUT2D eigenvalue weighted by Crippen LogP contribution is 2.18. The second-order valence-electron chi connectivity index (χ2n) is 6.66. The average molecular weight is 420 g/mol. The molecule has 0 saturated carbocycles. The monoisotopic (exact) mass is 419 g/mol. The van der Waals surface area contributed by atoms with Crippen molar-refractivity contribution in [2.45, 2.75) is 12.5 Å². The van der Waals surface area contributed by atoms with Crippen molar-refractivity contribution in [1.29, 1.82) is 0 Å². The first kappa shape index (κ1) is 22.5. The number of methoxy groups -OCH3 is 1. The number of hydrogen-bond acceptors (Lipinski definition) is 5. The zero-order valence-electron chi connectivity index (χ0n) is 16.5. The van der Waals surface area contributed by atoms with Crippen LogP contribution in [0.3, 0.4) is 0 Å². The van der Waals surface area contributed by atoms with Crippen molar-refractivity contribution >= 4 is 29.9 Å². The summed E-state index contributed by atoms with van der Waals surface area (Å²) in [6.45, 7) is 1.64. The number of rotatable bonds is 7. The maximum atomic E-state index is 12.5. The molecular formula is C21H26ClN3O4. The van der Waals surface area contributed by atoms with Gasteiger partial charge in [-0.1, -0.05) is 6.07 Å². The summed E-state index contributed by atoms with van der Waals surface area (Å²) in [4.78, 5) is 26.4. The minimum Gasteiger partial charge on any atom is -0.497 e. The predicted molar refractivity (Wildman–Crippen MR) is 114 cm³/mol. The lowest BCUT2D eigenvalue weighted by Crippen LogP contribution is -2.38. The fourth-order valence-electron chi connectivity index (χ4n) is 3.08. The number of anilines is 1. The van der Waals surface area contributed by atoms with Crippen LogP contribution in [0.15, 0.2) is 48.5 Å². The summed E-state index contributed by atoms with van der Waals surface area (Å²) in [5, 5.41) is 6.01. The number of amides is 2. The Bertz CT molecular complexity index is 823. The fraction of sp³-hybridized carbons (Fsp3) is 0.333. The number of halogens is 1. The molecule has 156 valence electrons. The van der Waals surface area contributed by atoms with Gasteiger partial charge in [-0.25, -0.2) is 0 Å². The number of nitrogens with one attached hydrogen (secondary N) is 2. The quantitative estimate of drug-likeness (QED) is 0.721. The van der Waals surface area contributed by atoms with Gasteiger partial charge in [0.2, 0.25) is 0 Å². The zero-order chi connectivity index (χ0) is 19.9. The van der Waals surface area contributed by atoms with Gasteiger partial charge in [-0.15, -0.1) is 12.4 Å². The Balaban J connectivity index is 0.00000300. The third-order valence-electron chi connectivity index (χ3n) is 4.73. The molecule has 2 aromatic rings. The second kappa shape index (κ2) is 10.7. The maximum absolute atomic E-state index is 12.5. The average Bonchev–Trinajstić information content (AvgIpc) is 3.26. The minimum atomic E-state index is -0.276. The highest BCUT2D eigenvalue weighted by Gasteiger charge is 2.23. The first-order chi connectivity index (χ1) is 13.6. The fourth-order valence-corrected chi connectivity index (χ4v) is 3.08. The topological polar surface area (TPSA) is 79.9 Å². The molecular weight excluding hydrogens is 394 g/mol. The molecule has 0 bridgehead atoms. The number of likely N-dealkylation sites (N-methyl/N-ethyl adjacent to an activating group) is 1. The highest BCUT2D eigenvalue weighted by atomic mass is 35.5. The Morgan fingerprint density at radius 3 is 2.59 bits per heavy atom. The Labute approximate surface area is 176 Å². The van der Waals surface area contributed by atoms with Crippen LogP contribution in [0.4, 0.5) is 5.69 Å². The van der Waals surface area contributed by atoms with E-state index in [0.717, 1.165) is 19.5 Å². The number of benzene rings is 2. The Morgan fingerprint density at radius 2 is 1.93 bits per heavy atom. The van der Waals surface area contributed by atoms with E-state index >= 15 is 0 Å². The SMILES string of the molecule is COc1cccc(NC(=O)COc2ccc(C(=O)N(C)C3CCNC3)cc2)c1.Cl. The van der Waals surface area contributed by atoms with Crippen LogP contribution < -0.4 is 20.1 Å². The summed E-state index contributed by atoms with van der Waals surface area (Å²) in [7, 11) is 3.40. The van der Waals surface area contributed by atoms with E-state index in [1.165, 1.54) is 0 Å². The van der Waals surface area contributed by atoms with Gasteiger partial charge in [0.1, 0.15) is 11.5 Å². The Hall–Kier alpha value is -2.77. The molecule has 0 aromatic heterocycles. The van der Waals surface area contributed by atoms with Crippen LogP contribution in [0.2, 0.25) is 0 Å². The van der Waals surface area contributed by atoms with Gasteiger partial charge >= 0.3 is 0 Å². The van der Waals surface area contributed by atoms with Gasteiger partial charge in [0, 0.05) is 37.0 Å². The van der Waals surface area contributed by atoms with E-state index < -0.39 is 0 Å². The standard InChI is InChI=1S/C21H25N3O4.ClH/c1-24(17-10-11-22-13-17)21(26)15-6-8-18(9-7-15)28-14-20(25)23-16-4-3-5-19(12-16)27-2;/h3-9,12,17,22H,10-11,13-14H2,1-2H3,(H,23,25);1H. The van der Waals surface area contributed by atoms with Crippen molar-refractivity contribution < 1.29 is 19.1 Å². The summed E-state index contributed by atoms with van der Waals surface area (Å²) >= 11 is 0. The van der Waals surface area contributed by atoms with Gasteiger partial charge < -0.3 is 25.0 Å². The van der Waals surface area contributed by atoms with Crippen LogP contribution >= 0.6 is 12.4 Å². The molecule has 1 saturated heterocycles. The van der Waals surface area contributed by atoms with E-state index in [-0.39, 0.29) is 36.9 Å². The normalized spacial score (nSPS) is 15.2. The molecule has 1 unspecified atom stereocenters. The van der Waals surface area contributed by atoms with E-state index in [4.69, 9.17) is 9.47 Å². The maximum Gasteiger partial charge on any atom is 0.262 e. The molecule has 3 rings (SSSR count). The third kappa shape index (κ3) is 6.10. The van der Waals surface area contributed by atoms with Crippen LogP contribution in [0.1, 0.15) is 16.8 Å². The smallest absolute Gasteiger partial charge is 0.262 e. The van der Waals surface area contributed by atoms with E-state index in [2.05, 4.69) is 10.6 Å². The Kier molecular flexibility index (Phi) is 8.30. The van der Waals surface area contributed by atoms with Crippen LogP contribution in [-0.2, 0) is 4.79 Å². The van der Waals surface area contributed by atoms with Gasteiger partial charge in [-0.3, -0.25) is 9.59 Å². The molecule has 0 aliphatic carbocycles. The van der Waals surface area contributed by atoms with Gasteiger partial charge in [-0.2, -0.15) is 0 Å². The lowest BCUT2D eigenvalue weighted by molar-refractivity contribution is -0.118. The molecule has 1 aliphatic heterocycles. The molecule has 8 heteroatoms. The molecule has 1 heterocycles. The number of ether oxygens (including phenoxy) is 2. The summed E-state index contributed by atoms with van der Waals surface area (Å²) in [6, 6.07) is 14.2.